The van der Waals surface area contributed by atoms with Crippen molar-refractivity contribution in [2.45, 2.75) is 19.5 Å². The molecule has 0 aromatic heterocycles. The minimum Gasteiger partial charge on any atom is -0.497 e. The Balaban J connectivity index is 1.55. The van der Waals surface area contributed by atoms with Crippen LogP contribution in [-0.2, 0) is 11.3 Å². The summed E-state index contributed by atoms with van der Waals surface area (Å²) < 4.78 is 16.3. The monoisotopic (exact) mass is 420 g/mol. The lowest BCUT2D eigenvalue weighted by Crippen LogP contribution is -2.28. The quantitative estimate of drug-likeness (QED) is 0.551. The Morgan fingerprint density at radius 1 is 0.935 bits per heavy atom. The number of nitrogens with two attached hydrogens (primary N) is 1. The van der Waals surface area contributed by atoms with Gasteiger partial charge in [-0.05, 0) is 42.3 Å². The summed E-state index contributed by atoms with van der Waals surface area (Å²) in [4.78, 5) is 12.1. The van der Waals surface area contributed by atoms with Crippen LogP contribution in [-0.4, -0.2) is 26.7 Å². The molecule has 0 saturated carbocycles. The molecule has 3 N–H and O–H groups in total. The molecule has 0 radical (unpaired) electrons. The van der Waals surface area contributed by atoms with Crippen LogP contribution in [0.2, 0.25) is 0 Å². The summed E-state index contributed by atoms with van der Waals surface area (Å²) in [6.07, 6.45) is 0. The number of benzene rings is 3. The van der Waals surface area contributed by atoms with Crippen molar-refractivity contribution in [3.8, 4) is 17.2 Å². The number of carbonyl (C=O) groups is 1. The molecular formula is C25H28N2O4. The van der Waals surface area contributed by atoms with Gasteiger partial charge in [-0.3, -0.25) is 4.79 Å². The van der Waals surface area contributed by atoms with Crippen molar-refractivity contribution in [1.29, 1.82) is 0 Å². The summed E-state index contributed by atoms with van der Waals surface area (Å²) in [5.41, 5.74) is 10.4. The summed E-state index contributed by atoms with van der Waals surface area (Å²) in [7, 11) is 3.21. The molecule has 0 saturated heterocycles. The highest BCUT2D eigenvalue weighted by Crippen LogP contribution is 2.32. The van der Waals surface area contributed by atoms with Gasteiger partial charge >= 0.3 is 0 Å². The molecule has 0 fully saturated rings. The van der Waals surface area contributed by atoms with Gasteiger partial charge in [0.2, 0.25) is 0 Å². The first-order valence-corrected chi connectivity index (χ1v) is 10.0. The first-order chi connectivity index (χ1) is 15.0. The number of amides is 1. The van der Waals surface area contributed by atoms with Crippen LogP contribution in [0.25, 0.3) is 0 Å². The van der Waals surface area contributed by atoms with Crippen molar-refractivity contribution < 1.29 is 19.0 Å². The summed E-state index contributed by atoms with van der Waals surface area (Å²) >= 11 is 0. The van der Waals surface area contributed by atoms with E-state index in [1.807, 2.05) is 61.5 Å². The fraction of sp³-hybridized carbons (Fsp3) is 0.240. The highest BCUT2D eigenvalue weighted by molar-refractivity contribution is 5.77. The Bertz CT molecular complexity index is 1000. The molecule has 6 nitrogen and oxygen atoms in total. The maximum absolute atomic E-state index is 12.1. The number of ether oxygens (including phenoxy) is 3. The van der Waals surface area contributed by atoms with Gasteiger partial charge in [0.15, 0.2) is 6.61 Å². The van der Waals surface area contributed by atoms with Crippen LogP contribution in [0.5, 0.6) is 17.2 Å². The van der Waals surface area contributed by atoms with E-state index in [-0.39, 0.29) is 18.6 Å². The van der Waals surface area contributed by atoms with Gasteiger partial charge in [0.25, 0.3) is 5.91 Å². The van der Waals surface area contributed by atoms with Crippen molar-refractivity contribution >= 4 is 5.91 Å². The normalized spacial score (nSPS) is 11.5. The molecule has 0 heterocycles. The third-order valence-electron chi connectivity index (χ3n) is 5.00. The molecule has 0 aliphatic heterocycles. The minimum absolute atomic E-state index is 0.0520. The van der Waals surface area contributed by atoms with Crippen LogP contribution in [0.4, 0.5) is 0 Å². The lowest BCUT2D eigenvalue weighted by molar-refractivity contribution is -0.123. The molecule has 0 aliphatic carbocycles. The number of carbonyl (C=O) groups excluding carboxylic acids is 1. The van der Waals surface area contributed by atoms with Gasteiger partial charge < -0.3 is 25.3 Å². The number of aryl methyl sites for hydroxylation is 1. The van der Waals surface area contributed by atoms with Crippen LogP contribution < -0.4 is 25.3 Å². The van der Waals surface area contributed by atoms with E-state index in [0.717, 1.165) is 16.7 Å². The maximum Gasteiger partial charge on any atom is 0.258 e. The topological polar surface area (TPSA) is 82.8 Å². The van der Waals surface area contributed by atoms with Crippen LogP contribution in [0.3, 0.4) is 0 Å². The average Bonchev–Trinajstić information content (AvgIpc) is 2.81. The average molecular weight is 421 g/mol. The zero-order chi connectivity index (χ0) is 22.2. The van der Waals surface area contributed by atoms with Gasteiger partial charge in [0, 0.05) is 18.2 Å². The van der Waals surface area contributed by atoms with Gasteiger partial charge in [-0.25, -0.2) is 0 Å². The van der Waals surface area contributed by atoms with Crippen LogP contribution in [0, 0.1) is 6.92 Å². The maximum atomic E-state index is 12.1. The third kappa shape index (κ3) is 5.99. The first kappa shape index (κ1) is 22.2. The number of methoxy groups -OCH3 is 2. The fourth-order valence-corrected chi connectivity index (χ4v) is 3.13. The molecule has 0 aliphatic rings. The van der Waals surface area contributed by atoms with Gasteiger partial charge in [0.05, 0.1) is 20.3 Å². The SMILES string of the molecule is COc1ccc([C@@H](N)c2ccc(OCC(=O)NCc3ccc(C)cc3)cc2)c(OC)c1. The second-order valence-electron chi connectivity index (χ2n) is 7.21. The predicted molar refractivity (Wildman–Crippen MR) is 121 cm³/mol. The zero-order valence-corrected chi connectivity index (χ0v) is 18.1. The Hall–Kier alpha value is -3.51. The van der Waals surface area contributed by atoms with E-state index in [9.17, 15) is 4.79 Å². The summed E-state index contributed by atoms with van der Waals surface area (Å²) in [6.45, 7) is 2.45. The van der Waals surface area contributed by atoms with Crippen molar-refractivity contribution in [1.82, 2.24) is 5.32 Å². The van der Waals surface area contributed by atoms with E-state index in [1.165, 1.54) is 5.56 Å². The molecule has 1 atom stereocenters. The Kier molecular flexibility index (Phi) is 7.51. The second kappa shape index (κ2) is 10.5. The molecular weight excluding hydrogens is 392 g/mol. The van der Waals surface area contributed by atoms with Gasteiger partial charge in [-0.1, -0.05) is 42.0 Å². The highest BCUT2D eigenvalue weighted by Gasteiger charge is 2.15. The molecule has 3 aromatic rings. The van der Waals surface area contributed by atoms with E-state index < -0.39 is 0 Å². The summed E-state index contributed by atoms with van der Waals surface area (Å²) in [5, 5.41) is 2.85. The predicted octanol–water partition coefficient (Wildman–Crippen LogP) is 3.76. The number of rotatable bonds is 9. The van der Waals surface area contributed by atoms with Gasteiger partial charge in [0.1, 0.15) is 17.2 Å². The number of hydrogen-bond donors (Lipinski definition) is 2. The Labute approximate surface area is 182 Å². The lowest BCUT2D eigenvalue weighted by atomic mass is 9.98. The van der Waals surface area contributed by atoms with E-state index in [0.29, 0.717) is 23.8 Å². The van der Waals surface area contributed by atoms with Crippen LogP contribution in [0.15, 0.2) is 66.7 Å². The highest BCUT2D eigenvalue weighted by atomic mass is 16.5. The lowest BCUT2D eigenvalue weighted by Gasteiger charge is -2.17. The zero-order valence-electron chi connectivity index (χ0n) is 18.1. The molecule has 162 valence electrons. The molecule has 0 unspecified atom stereocenters. The molecule has 0 spiro atoms. The molecule has 1 amide bonds. The Morgan fingerprint density at radius 3 is 2.26 bits per heavy atom. The minimum atomic E-state index is -0.368. The van der Waals surface area contributed by atoms with Gasteiger partial charge in [-0.2, -0.15) is 0 Å². The molecule has 3 rings (SSSR count). The molecule has 6 heteroatoms. The van der Waals surface area contributed by atoms with E-state index in [4.69, 9.17) is 19.9 Å². The van der Waals surface area contributed by atoms with Crippen LogP contribution in [0.1, 0.15) is 28.3 Å². The number of hydrogen-bond acceptors (Lipinski definition) is 5. The molecule has 31 heavy (non-hydrogen) atoms. The number of nitrogens with one attached hydrogen (secondary N) is 1. The van der Waals surface area contributed by atoms with Crippen molar-refractivity contribution in [3.63, 3.8) is 0 Å². The van der Waals surface area contributed by atoms with Crippen molar-refractivity contribution in [3.05, 3.63) is 89.0 Å². The third-order valence-corrected chi connectivity index (χ3v) is 5.00. The smallest absolute Gasteiger partial charge is 0.258 e. The first-order valence-electron chi connectivity index (χ1n) is 10.0. The van der Waals surface area contributed by atoms with E-state index >= 15 is 0 Å². The van der Waals surface area contributed by atoms with Crippen LogP contribution >= 0.6 is 0 Å². The molecule has 0 bridgehead atoms. The standard InChI is InChI=1S/C25H28N2O4/c1-17-4-6-18(7-5-17)15-27-24(28)16-31-20-10-8-19(9-11-20)25(26)22-13-12-21(29-2)14-23(22)30-3/h4-14,25H,15-16,26H2,1-3H3,(H,27,28)/t25-/m0/s1. The van der Waals surface area contributed by atoms with Gasteiger partial charge in [-0.15, -0.1) is 0 Å². The van der Waals surface area contributed by atoms with Crippen molar-refractivity contribution in [2.75, 3.05) is 20.8 Å². The largest absolute Gasteiger partial charge is 0.497 e. The summed E-state index contributed by atoms with van der Waals surface area (Å²) in [6, 6.07) is 20.6. The second-order valence-corrected chi connectivity index (χ2v) is 7.21. The van der Waals surface area contributed by atoms with Crippen molar-refractivity contribution in [2.24, 2.45) is 5.73 Å². The summed E-state index contributed by atoms with van der Waals surface area (Å²) in [5.74, 6) is 1.79. The van der Waals surface area contributed by atoms with E-state index in [2.05, 4.69) is 5.32 Å². The Morgan fingerprint density at radius 2 is 1.61 bits per heavy atom. The molecule has 3 aromatic carbocycles. The van der Waals surface area contributed by atoms with E-state index in [1.54, 1.807) is 26.4 Å². The fourth-order valence-electron chi connectivity index (χ4n) is 3.13.